The van der Waals surface area contributed by atoms with Gasteiger partial charge in [0.15, 0.2) is 0 Å². The van der Waals surface area contributed by atoms with Crippen molar-refractivity contribution < 1.29 is 0 Å². The Labute approximate surface area is 132 Å². The molecule has 0 aliphatic heterocycles. The maximum atomic E-state index is 8.76. The summed E-state index contributed by atoms with van der Waals surface area (Å²) in [6.45, 7) is 1.88. The summed E-state index contributed by atoms with van der Waals surface area (Å²) in [5.74, 6) is 0. The Morgan fingerprint density at radius 1 is 1.23 bits per heavy atom. The molecule has 108 valence electrons. The number of hydrogen-bond donors (Lipinski definition) is 1. The van der Waals surface area contributed by atoms with Crippen molar-refractivity contribution in [3.05, 3.63) is 64.6 Å². The molecule has 2 aromatic heterocycles. The van der Waals surface area contributed by atoms with E-state index in [1.165, 1.54) is 0 Å². The monoisotopic (exact) mass is 306 g/mol. The molecule has 0 atom stereocenters. The number of aromatic nitrogens is 2. The average molecular weight is 306 g/mol. The molecule has 4 nitrogen and oxygen atoms in total. The third-order valence-electron chi connectivity index (χ3n) is 3.40. The van der Waals surface area contributed by atoms with Crippen LogP contribution in [0.25, 0.3) is 15.8 Å². The normalized spacial score (nSPS) is 12.0. The molecule has 5 heteroatoms. The number of allylic oxidation sites excluding steroid dienone is 1. The van der Waals surface area contributed by atoms with Crippen LogP contribution in [0.2, 0.25) is 0 Å². The fourth-order valence-corrected chi connectivity index (χ4v) is 3.24. The van der Waals surface area contributed by atoms with Crippen LogP contribution in [0.3, 0.4) is 0 Å². The third kappa shape index (κ3) is 2.57. The van der Waals surface area contributed by atoms with Gasteiger partial charge in [-0.15, -0.1) is 11.3 Å². The van der Waals surface area contributed by atoms with E-state index in [2.05, 4.69) is 16.0 Å². The van der Waals surface area contributed by atoms with Crippen molar-refractivity contribution in [1.29, 1.82) is 5.26 Å². The molecular formula is C17H14N4S. The molecule has 3 rings (SSSR count). The van der Waals surface area contributed by atoms with E-state index in [1.54, 1.807) is 17.7 Å². The Morgan fingerprint density at radius 3 is 2.68 bits per heavy atom. The van der Waals surface area contributed by atoms with Gasteiger partial charge in [-0.2, -0.15) is 5.26 Å². The summed E-state index contributed by atoms with van der Waals surface area (Å²) in [5.41, 5.74) is 11.5. The molecule has 0 bridgehead atoms. The molecule has 0 aliphatic rings. The first kappa shape index (κ1) is 14.2. The van der Waals surface area contributed by atoms with Crippen LogP contribution >= 0.6 is 11.3 Å². The number of hydrogen-bond acceptors (Lipinski definition) is 5. The Hall–Kier alpha value is -2.71. The van der Waals surface area contributed by atoms with E-state index in [1.807, 2.05) is 42.6 Å². The first-order valence-electron chi connectivity index (χ1n) is 6.82. The van der Waals surface area contributed by atoms with E-state index in [9.17, 15) is 0 Å². The Bertz CT molecular complexity index is 881. The predicted molar refractivity (Wildman–Crippen MR) is 89.1 cm³/mol. The molecule has 2 heterocycles. The first-order valence-corrected chi connectivity index (χ1v) is 7.70. The summed E-state index contributed by atoms with van der Waals surface area (Å²) in [6, 6.07) is 12.0. The lowest BCUT2D eigenvalue weighted by Gasteiger charge is -2.11. The lowest BCUT2D eigenvalue weighted by atomic mass is 9.98. The number of benzene rings is 1. The van der Waals surface area contributed by atoms with Crippen molar-refractivity contribution in [3.8, 4) is 6.07 Å². The summed E-state index contributed by atoms with van der Waals surface area (Å²) in [5, 5.41) is 10.8. The van der Waals surface area contributed by atoms with E-state index in [0.29, 0.717) is 12.1 Å². The summed E-state index contributed by atoms with van der Waals surface area (Å²) < 4.78 is 1.03. The number of nitrogens with zero attached hydrogens (tertiary/aromatic N) is 3. The molecule has 3 aromatic rings. The second-order valence-electron chi connectivity index (χ2n) is 4.95. The van der Waals surface area contributed by atoms with Gasteiger partial charge in [0.1, 0.15) is 6.33 Å². The Morgan fingerprint density at radius 2 is 2.00 bits per heavy atom. The average Bonchev–Trinajstić information content (AvgIpc) is 2.98. The van der Waals surface area contributed by atoms with Crippen molar-refractivity contribution in [3.63, 3.8) is 0 Å². The van der Waals surface area contributed by atoms with Crippen LogP contribution in [0.15, 0.2) is 47.7 Å². The predicted octanol–water partition coefficient (Wildman–Crippen LogP) is 3.50. The highest BCUT2D eigenvalue weighted by Crippen LogP contribution is 2.31. The number of rotatable bonds is 3. The highest BCUT2D eigenvalue weighted by molar-refractivity contribution is 7.17. The van der Waals surface area contributed by atoms with Gasteiger partial charge in [0, 0.05) is 11.3 Å². The molecule has 0 saturated carbocycles. The number of nitriles is 1. The quantitative estimate of drug-likeness (QED) is 0.803. The zero-order chi connectivity index (χ0) is 15.5. The van der Waals surface area contributed by atoms with E-state index in [0.717, 1.165) is 32.6 Å². The van der Waals surface area contributed by atoms with E-state index in [-0.39, 0.29) is 0 Å². The van der Waals surface area contributed by atoms with Gasteiger partial charge in [-0.05, 0) is 29.5 Å². The summed E-state index contributed by atoms with van der Waals surface area (Å²) in [4.78, 5) is 8.72. The van der Waals surface area contributed by atoms with Crippen LogP contribution in [0.1, 0.15) is 23.7 Å². The minimum Gasteiger partial charge on any atom is -0.402 e. The van der Waals surface area contributed by atoms with Crippen molar-refractivity contribution in [2.75, 3.05) is 0 Å². The molecule has 0 amide bonds. The van der Waals surface area contributed by atoms with E-state index < -0.39 is 0 Å². The van der Waals surface area contributed by atoms with Crippen molar-refractivity contribution in [1.82, 2.24) is 9.97 Å². The number of thiophene rings is 1. The first-order chi connectivity index (χ1) is 10.7. The topological polar surface area (TPSA) is 75.6 Å². The fourth-order valence-electron chi connectivity index (χ4n) is 2.40. The van der Waals surface area contributed by atoms with Crippen LogP contribution < -0.4 is 5.73 Å². The second kappa shape index (κ2) is 5.96. The highest BCUT2D eigenvalue weighted by Gasteiger charge is 2.14. The van der Waals surface area contributed by atoms with Gasteiger partial charge in [-0.25, -0.2) is 9.97 Å². The second-order valence-corrected chi connectivity index (χ2v) is 5.86. The Balaban J connectivity index is 2.14. The molecule has 0 unspecified atom stereocenters. The molecule has 2 N–H and O–H groups in total. The van der Waals surface area contributed by atoms with Crippen LogP contribution in [-0.4, -0.2) is 9.97 Å². The van der Waals surface area contributed by atoms with Crippen molar-refractivity contribution >= 4 is 27.1 Å². The summed E-state index contributed by atoms with van der Waals surface area (Å²) >= 11 is 1.61. The van der Waals surface area contributed by atoms with Gasteiger partial charge >= 0.3 is 0 Å². The molecular weight excluding hydrogens is 292 g/mol. The van der Waals surface area contributed by atoms with Gasteiger partial charge < -0.3 is 5.73 Å². The minimum absolute atomic E-state index is 0.406. The minimum atomic E-state index is 0.406. The SMILES string of the molecule is CC(N)=C(c1ccc(CC#N)cc1)c1ncnc2ccsc12. The summed E-state index contributed by atoms with van der Waals surface area (Å²) in [6.07, 6.45) is 1.97. The van der Waals surface area contributed by atoms with Gasteiger partial charge in [-0.1, -0.05) is 24.3 Å². The van der Waals surface area contributed by atoms with Gasteiger partial charge in [-0.3, -0.25) is 0 Å². The van der Waals surface area contributed by atoms with Crippen LogP contribution in [-0.2, 0) is 6.42 Å². The molecule has 0 aliphatic carbocycles. The molecule has 0 saturated heterocycles. The van der Waals surface area contributed by atoms with Gasteiger partial charge in [0.25, 0.3) is 0 Å². The van der Waals surface area contributed by atoms with Crippen LogP contribution in [0.5, 0.6) is 0 Å². The molecule has 0 radical (unpaired) electrons. The lowest BCUT2D eigenvalue weighted by Crippen LogP contribution is -2.02. The maximum absolute atomic E-state index is 8.76. The summed E-state index contributed by atoms with van der Waals surface area (Å²) in [7, 11) is 0. The molecule has 0 spiro atoms. The molecule has 1 aromatic carbocycles. The lowest BCUT2D eigenvalue weighted by molar-refractivity contribution is 1.18. The number of nitrogens with two attached hydrogens (primary N) is 1. The third-order valence-corrected chi connectivity index (χ3v) is 4.31. The zero-order valence-electron chi connectivity index (χ0n) is 12.1. The van der Waals surface area contributed by atoms with E-state index in [4.69, 9.17) is 11.0 Å². The largest absolute Gasteiger partial charge is 0.402 e. The number of fused-ring (bicyclic) bond motifs is 1. The fraction of sp³-hybridized carbons (Fsp3) is 0.118. The van der Waals surface area contributed by atoms with Crippen molar-refractivity contribution in [2.45, 2.75) is 13.3 Å². The standard InChI is InChI=1S/C17H14N4S/c1-11(19)15(13-4-2-12(3-5-13)6-8-18)16-17-14(7-9-22-17)20-10-21-16/h2-5,7,9-10H,6,19H2,1H3. The van der Waals surface area contributed by atoms with Gasteiger partial charge in [0.2, 0.25) is 0 Å². The van der Waals surface area contributed by atoms with Crippen LogP contribution in [0.4, 0.5) is 0 Å². The highest BCUT2D eigenvalue weighted by atomic mass is 32.1. The Kier molecular flexibility index (Phi) is 3.86. The maximum Gasteiger partial charge on any atom is 0.116 e. The van der Waals surface area contributed by atoms with Crippen LogP contribution in [0, 0.1) is 11.3 Å². The van der Waals surface area contributed by atoms with Gasteiger partial charge in [0.05, 0.1) is 28.4 Å². The smallest absolute Gasteiger partial charge is 0.116 e. The molecule has 22 heavy (non-hydrogen) atoms. The van der Waals surface area contributed by atoms with Crippen molar-refractivity contribution in [2.24, 2.45) is 5.73 Å². The zero-order valence-corrected chi connectivity index (χ0v) is 12.9. The van der Waals surface area contributed by atoms with E-state index >= 15 is 0 Å². The molecule has 0 fully saturated rings.